The van der Waals surface area contributed by atoms with Crippen molar-refractivity contribution in [2.75, 3.05) is 19.5 Å². The maximum absolute atomic E-state index is 13.3. The van der Waals surface area contributed by atoms with E-state index in [2.05, 4.69) is 5.32 Å². The first-order valence-electron chi connectivity index (χ1n) is 9.45. The number of hydrogen-bond acceptors (Lipinski definition) is 4. The van der Waals surface area contributed by atoms with Crippen LogP contribution in [0.25, 0.3) is 16.6 Å². The number of ketones is 1. The minimum absolute atomic E-state index is 0.267. The van der Waals surface area contributed by atoms with Crippen LogP contribution in [0.5, 0.6) is 11.5 Å². The molecule has 0 saturated carbocycles. The molecule has 0 saturated heterocycles. The van der Waals surface area contributed by atoms with Crippen molar-refractivity contribution < 1.29 is 19.1 Å². The average Bonchev–Trinajstić information content (AvgIpc) is 3.18. The van der Waals surface area contributed by atoms with Crippen molar-refractivity contribution in [1.82, 2.24) is 4.40 Å². The van der Waals surface area contributed by atoms with Crippen LogP contribution in [0.4, 0.5) is 5.69 Å². The van der Waals surface area contributed by atoms with Gasteiger partial charge in [0.15, 0.2) is 0 Å². The van der Waals surface area contributed by atoms with Gasteiger partial charge in [-0.2, -0.15) is 0 Å². The van der Waals surface area contributed by atoms with Gasteiger partial charge in [-0.15, -0.1) is 0 Å². The van der Waals surface area contributed by atoms with Crippen LogP contribution in [0.3, 0.4) is 0 Å². The number of benzene rings is 2. The number of hydrogen-bond donors (Lipinski definition) is 1. The molecule has 2 aromatic heterocycles. The zero-order chi connectivity index (χ0) is 22.0. The van der Waals surface area contributed by atoms with Gasteiger partial charge in [0.05, 0.1) is 19.9 Å². The lowest BCUT2D eigenvalue weighted by Gasteiger charge is -2.12. The molecule has 2 heterocycles. The minimum atomic E-state index is -0.775. The number of pyridine rings is 1. The molecule has 0 aliphatic rings. The van der Waals surface area contributed by atoms with Gasteiger partial charge in [0.2, 0.25) is 0 Å². The summed E-state index contributed by atoms with van der Waals surface area (Å²) in [4.78, 5) is 26.2. The van der Waals surface area contributed by atoms with Crippen molar-refractivity contribution >= 4 is 34.5 Å². The Morgan fingerprint density at radius 2 is 1.71 bits per heavy atom. The molecule has 6 nitrogen and oxygen atoms in total. The lowest BCUT2D eigenvalue weighted by atomic mass is 10.0. The van der Waals surface area contributed by atoms with Crippen LogP contribution in [0.15, 0.2) is 72.9 Å². The van der Waals surface area contributed by atoms with E-state index in [9.17, 15) is 9.59 Å². The maximum atomic E-state index is 13.3. The Morgan fingerprint density at radius 1 is 0.935 bits per heavy atom. The van der Waals surface area contributed by atoms with Crippen molar-refractivity contribution in [2.45, 2.75) is 0 Å². The summed E-state index contributed by atoms with van der Waals surface area (Å²) in [5, 5.41) is 3.24. The quantitative estimate of drug-likeness (QED) is 0.338. The Morgan fingerprint density at radius 3 is 2.42 bits per heavy atom. The summed E-state index contributed by atoms with van der Waals surface area (Å²) in [7, 11) is 3.01. The molecule has 4 aromatic rings. The first-order valence-corrected chi connectivity index (χ1v) is 9.83. The van der Waals surface area contributed by atoms with E-state index in [-0.39, 0.29) is 5.69 Å². The van der Waals surface area contributed by atoms with Gasteiger partial charge in [-0.25, -0.2) is 0 Å². The highest BCUT2D eigenvalue weighted by Crippen LogP contribution is 2.31. The summed E-state index contributed by atoms with van der Waals surface area (Å²) >= 11 is 6.01. The third-order valence-corrected chi connectivity index (χ3v) is 5.17. The van der Waals surface area contributed by atoms with E-state index in [1.165, 1.54) is 14.2 Å². The number of amides is 1. The van der Waals surface area contributed by atoms with Crippen LogP contribution in [-0.4, -0.2) is 30.3 Å². The summed E-state index contributed by atoms with van der Waals surface area (Å²) < 4.78 is 12.2. The van der Waals surface area contributed by atoms with Crippen molar-refractivity contribution in [1.29, 1.82) is 0 Å². The Balaban J connectivity index is 1.74. The van der Waals surface area contributed by atoms with Crippen LogP contribution < -0.4 is 14.8 Å². The largest absolute Gasteiger partial charge is 0.497 e. The third-order valence-electron chi connectivity index (χ3n) is 4.91. The average molecular weight is 435 g/mol. The van der Waals surface area contributed by atoms with Crippen molar-refractivity contribution in [3.05, 3.63) is 83.6 Å². The molecular formula is C24H19ClN2O4. The smallest absolute Gasteiger partial charge is 0.298 e. The molecule has 0 bridgehead atoms. The van der Waals surface area contributed by atoms with Gasteiger partial charge in [-0.1, -0.05) is 29.8 Å². The van der Waals surface area contributed by atoms with Gasteiger partial charge < -0.3 is 19.2 Å². The number of carbonyl (C=O) groups excluding carboxylic acids is 2. The number of Topliss-reactive ketones (excluding diaryl/α,β-unsaturated/α-hetero) is 1. The zero-order valence-electron chi connectivity index (χ0n) is 16.9. The topological polar surface area (TPSA) is 69.0 Å². The predicted octanol–water partition coefficient (Wildman–Crippen LogP) is 5.10. The normalized spacial score (nSPS) is 10.7. The van der Waals surface area contributed by atoms with Crippen LogP contribution in [0.2, 0.25) is 5.02 Å². The van der Waals surface area contributed by atoms with Crippen molar-refractivity contribution in [3.63, 3.8) is 0 Å². The van der Waals surface area contributed by atoms with E-state index in [1.54, 1.807) is 47.0 Å². The first-order chi connectivity index (χ1) is 15.0. The molecule has 0 aliphatic carbocycles. The zero-order valence-corrected chi connectivity index (χ0v) is 17.6. The van der Waals surface area contributed by atoms with Gasteiger partial charge in [0.25, 0.3) is 11.7 Å². The number of rotatable bonds is 6. The second kappa shape index (κ2) is 8.53. The van der Waals surface area contributed by atoms with E-state index in [1.807, 2.05) is 30.3 Å². The Labute approximate surface area is 184 Å². The number of fused-ring (bicyclic) bond motifs is 1. The molecule has 0 aliphatic heterocycles. The molecule has 1 N–H and O–H groups in total. The predicted molar refractivity (Wildman–Crippen MR) is 120 cm³/mol. The maximum Gasteiger partial charge on any atom is 0.298 e. The molecule has 0 fully saturated rings. The van der Waals surface area contributed by atoms with Gasteiger partial charge in [0, 0.05) is 28.4 Å². The molecule has 31 heavy (non-hydrogen) atoms. The van der Waals surface area contributed by atoms with E-state index in [4.69, 9.17) is 21.1 Å². The Bertz CT molecular complexity index is 1280. The van der Waals surface area contributed by atoms with E-state index >= 15 is 0 Å². The van der Waals surface area contributed by atoms with Gasteiger partial charge in [-0.05, 0) is 48.0 Å². The monoisotopic (exact) mass is 434 g/mol. The van der Waals surface area contributed by atoms with Crippen LogP contribution in [-0.2, 0) is 4.79 Å². The summed E-state index contributed by atoms with van der Waals surface area (Å²) in [5.74, 6) is -0.487. The number of carbonyl (C=O) groups is 2. The number of nitrogens with one attached hydrogen (secondary N) is 1. The molecule has 0 spiro atoms. The minimum Gasteiger partial charge on any atom is -0.497 e. The van der Waals surface area contributed by atoms with Crippen LogP contribution in [0, 0.1) is 0 Å². The second-order valence-electron chi connectivity index (χ2n) is 6.76. The molecule has 0 unspecified atom stereocenters. The summed E-state index contributed by atoms with van der Waals surface area (Å²) in [6.07, 6.45) is 1.75. The second-order valence-corrected chi connectivity index (χ2v) is 7.19. The third kappa shape index (κ3) is 3.98. The molecule has 4 rings (SSSR count). The van der Waals surface area contributed by atoms with Crippen LogP contribution in [0.1, 0.15) is 10.5 Å². The fourth-order valence-corrected chi connectivity index (χ4v) is 3.52. The van der Waals surface area contributed by atoms with E-state index < -0.39 is 11.7 Å². The fraction of sp³-hybridized carbons (Fsp3) is 0.0833. The number of ether oxygens (including phenoxy) is 2. The van der Waals surface area contributed by atoms with E-state index in [0.717, 1.165) is 11.1 Å². The number of halogens is 1. The lowest BCUT2D eigenvalue weighted by molar-refractivity contribution is -0.112. The summed E-state index contributed by atoms with van der Waals surface area (Å²) in [6, 6.07) is 19.5. The van der Waals surface area contributed by atoms with E-state index in [0.29, 0.717) is 27.8 Å². The van der Waals surface area contributed by atoms with Crippen molar-refractivity contribution in [2.24, 2.45) is 0 Å². The Hall–Kier alpha value is -3.77. The molecule has 2 aromatic carbocycles. The molecule has 156 valence electrons. The number of anilines is 1. The number of methoxy groups -OCH3 is 2. The van der Waals surface area contributed by atoms with Crippen LogP contribution >= 0.6 is 11.6 Å². The van der Waals surface area contributed by atoms with Crippen molar-refractivity contribution in [3.8, 4) is 22.6 Å². The molecule has 7 heteroatoms. The number of aromatic nitrogens is 1. The fourth-order valence-electron chi connectivity index (χ4n) is 3.39. The van der Waals surface area contributed by atoms with Gasteiger partial charge >= 0.3 is 0 Å². The SMILES string of the molecule is COc1ccc(NC(=O)C(=O)c2c(-c3ccc(Cl)cc3)cc3ccccn23)c(OC)c1. The molecule has 0 atom stereocenters. The standard InChI is InChI=1S/C24H19ClN2O4/c1-30-18-10-11-20(21(14-18)31-2)26-24(29)23(28)22-19(15-6-8-16(25)9-7-15)13-17-5-3-4-12-27(17)22/h3-14H,1-2H3,(H,26,29). The summed E-state index contributed by atoms with van der Waals surface area (Å²) in [6.45, 7) is 0. The highest BCUT2D eigenvalue weighted by atomic mass is 35.5. The first kappa shape index (κ1) is 20.5. The highest BCUT2D eigenvalue weighted by molar-refractivity contribution is 6.47. The van der Waals surface area contributed by atoms with Gasteiger partial charge in [0.1, 0.15) is 17.2 Å². The highest BCUT2D eigenvalue weighted by Gasteiger charge is 2.25. The lowest BCUT2D eigenvalue weighted by Crippen LogP contribution is -2.25. The molecule has 0 radical (unpaired) electrons. The molecular weight excluding hydrogens is 416 g/mol. The Kier molecular flexibility index (Phi) is 5.64. The van der Waals surface area contributed by atoms with Gasteiger partial charge in [-0.3, -0.25) is 9.59 Å². The molecule has 1 amide bonds. The number of nitrogens with zero attached hydrogens (tertiary/aromatic N) is 1. The summed E-state index contributed by atoms with van der Waals surface area (Å²) in [5.41, 5.74) is 2.86.